The van der Waals surface area contributed by atoms with Crippen LogP contribution in [-0.2, 0) is 0 Å². The molecule has 0 aliphatic carbocycles. The number of anilines is 1. The van der Waals surface area contributed by atoms with Crippen molar-refractivity contribution in [3.8, 4) is 5.88 Å². The predicted octanol–water partition coefficient (Wildman–Crippen LogP) is 1.81. The molecule has 0 bridgehead atoms. The molecule has 0 aliphatic rings. The van der Waals surface area contributed by atoms with E-state index >= 15 is 0 Å². The molecule has 0 amide bonds. The number of alkyl halides is 6. The molecular weight excluding hydrogens is 296 g/mol. The fourth-order valence-corrected chi connectivity index (χ4v) is 1.35. The normalized spacial score (nSPS) is 13.2. The van der Waals surface area contributed by atoms with Crippen molar-refractivity contribution in [2.75, 3.05) is 5.73 Å². The van der Waals surface area contributed by atoms with Gasteiger partial charge in [0.15, 0.2) is 5.65 Å². The van der Waals surface area contributed by atoms with Crippen molar-refractivity contribution in [3.63, 3.8) is 0 Å². The molecule has 0 fully saturated rings. The average Bonchev–Trinajstić information content (AvgIpc) is 2.69. The number of halogens is 6. The number of fused-ring (bicyclic) bond motifs is 1. The zero-order valence-electron chi connectivity index (χ0n) is 9.25. The summed E-state index contributed by atoms with van der Waals surface area (Å²) in [6.45, 7) is 0. The fraction of sp³-hybridized carbons (Fsp3) is 0.375. The molecule has 2 aromatic rings. The Hall–Kier alpha value is -2.27. The molecule has 0 saturated heterocycles. The number of hydrogen-bond donors (Lipinski definition) is 2. The van der Waals surface area contributed by atoms with Crippen LogP contribution in [0.15, 0.2) is 6.20 Å². The first-order chi connectivity index (χ1) is 9.09. The lowest BCUT2D eigenvalue weighted by Gasteiger charge is -2.23. The fourth-order valence-electron chi connectivity index (χ4n) is 1.35. The molecule has 0 saturated carbocycles. The minimum atomic E-state index is -5.66. The number of nitrogens with one attached hydrogen (secondary N) is 1. The highest BCUT2D eigenvalue weighted by Crippen LogP contribution is 2.37. The smallest absolute Gasteiger partial charge is 0.434 e. The summed E-state index contributed by atoms with van der Waals surface area (Å²) < 4.78 is 78.3. The van der Waals surface area contributed by atoms with Crippen LogP contribution in [0.2, 0.25) is 0 Å². The zero-order chi connectivity index (χ0) is 15.1. The van der Waals surface area contributed by atoms with Crippen LogP contribution >= 0.6 is 0 Å². The summed E-state index contributed by atoms with van der Waals surface area (Å²) in [5, 5.41) is 5.38. The van der Waals surface area contributed by atoms with Gasteiger partial charge in [0, 0.05) is 0 Å². The van der Waals surface area contributed by atoms with Crippen molar-refractivity contribution in [2.24, 2.45) is 0 Å². The third-order valence-electron chi connectivity index (χ3n) is 2.12. The number of nitrogens with two attached hydrogens (primary N) is 1. The lowest BCUT2D eigenvalue weighted by atomic mass is 10.3. The van der Waals surface area contributed by atoms with E-state index in [0.717, 1.165) is 6.20 Å². The van der Waals surface area contributed by atoms with E-state index in [-0.39, 0.29) is 11.0 Å². The topological polar surface area (TPSA) is 89.7 Å². The van der Waals surface area contributed by atoms with Crippen molar-refractivity contribution in [1.29, 1.82) is 0 Å². The number of hydrogen-bond acceptors (Lipinski definition) is 5. The van der Waals surface area contributed by atoms with Gasteiger partial charge in [0.2, 0.25) is 11.8 Å². The highest BCUT2D eigenvalue weighted by molar-refractivity contribution is 5.80. The maximum atomic E-state index is 12.4. The molecule has 0 atom stereocenters. The molecule has 2 aromatic heterocycles. The first-order valence-corrected chi connectivity index (χ1v) is 4.85. The van der Waals surface area contributed by atoms with E-state index in [1.165, 1.54) is 0 Å². The predicted molar refractivity (Wildman–Crippen MR) is 52.6 cm³/mol. The second-order valence-corrected chi connectivity index (χ2v) is 3.60. The lowest BCUT2D eigenvalue weighted by molar-refractivity contribution is -0.300. The van der Waals surface area contributed by atoms with Gasteiger partial charge in [-0.1, -0.05) is 0 Å². The first kappa shape index (κ1) is 14.1. The molecule has 0 unspecified atom stereocenters. The Balaban J connectivity index is 2.46. The van der Waals surface area contributed by atoms with E-state index in [1.807, 2.05) is 0 Å². The largest absolute Gasteiger partial charge is 0.454 e. The second-order valence-electron chi connectivity index (χ2n) is 3.60. The van der Waals surface area contributed by atoms with Gasteiger partial charge in [-0.2, -0.15) is 41.4 Å². The molecule has 2 heterocycles. The van der Waals surface area contributed by atoms with Crippen LogP contribution < -0.4 is 10.5 Å². The molecule has 6 nitrogen and oxygen atoms in total. The number of nitrogens with zero attached hydrogens (tertiary/aromatic N) is 3. The van der Waals surface area contributed by atoms with E-state index in [9.17, 15) is 26.3 Å². The van der Waals surface area contributed by atoms with Gasteiger partial charge in [0.05, 0.1) is 6.20 Å². The van der Waals surface area contributed by atoms with E-state index in [4.69, 9.17) is 5.73 Å². The molecule has 0 aromatic carbocycles. The van der Waals surface area contributed by atoms with Gasteiger partial charge < -0.3 is 10.5 Å². The van der Waals surface area contributed by atoms with Crippen LogP contribution in [0.5, 0.6) is 5.88 Å². The van der Waals surface area contributed by atoms with Gasteiger partial charge in [-0.15, -0.1) is 0 Å². The quantitative estimate of drug-likeness (QED) is 0.826. The SMILES string of the molecule is Nc1nc(OC(C(F)(F)F)C(F)(F)F)c2cn[nH]c2n1. The molecule has 0 radical (unpaired) electrons. The van der Waals surface area contributed by atoms with Crippen molar-refractivity contribution in [2.45, 2.75) is 18.5 Å². The number of H-pyrrole nitrogens is 1. The van der Waals surface area contributed by atoms with Gasteiger partial charge in [0.25, 0.3) is 6.10 Å². The summed E-state index contributed by atoms with van der Waals surface area (Å²) in [5.41, 5.74) is 5.02. The molecule has 12 heteroatoms. The summed E-state index contributed by atoms with van der Waals surface area (Å²) in [4.78, 5) is 6.76. The standard InChI is InChI=1S/C8H5F6N5O/c9-7(10,11)5(8(12,13)14)20-4-2-1-16-19-3(2)17-6(15)18-4/h1,5H,(H3,15,16,17,18,19). The molecule has 3 N–H and O–H groups in total. The monoisotopic (exact) mass is 301 g/mol. The number of aromatic nitrogens is 4. The van der Waals surface area contributed by atoms with Crippen molar-refractivity contribution >= 4 is 17.0 Å². The number of aromatic amines is 1. The van der Waals surface area contributed by atoms with Crippen LogP contribution in [0.4, 0.5) is 32.3 Å². The van der Waals surface area contributed by atoms with E-state index < -0.39 is 30.3 Å². The van der Waals surface area contributed by atoms with Crippen LogP contribution in [0.3, 0.4) is 0 Å². The minimum Gasteiger partial charge on any atom is -0.454 e. The van der Waals surface area contributed by atoms with Crippen LogP contribution in [0.1, 0.15) is 0 Å². The second kappa shape index (κ2) is 4.38. The summed E-state index contributed by atoms with van der Waals surface area (Å²) in [6.07, 6.45) is -14.4. The third-order valence-corrected chi connectivity index (χ3v) is 2.12. The first-order valence-electron chi connectivity index (χ1n) is 4.85. The number of rotatable bonds is 2. The van der Waals surface area contributed by atoms with Gasteiger partial charge in [-0.3, -0.25) is 5.10 Å². The van der Waals surface area contributed by atoms with Gasteiger partial charge >= 0.3 is 12.4 Å². The lowest BCUT2D eigenvalue weighted by Crippen LogP contribution is -2.46. The molecule has 0 spiro atoms. The zero-order valence-corrected chi connectivity index (χ0v) is 9.25. The Morgan fingerprint density at radius 2 is 1.70 bits per heavy atom. The molecule has 110 valence electrons. The summed E-state index contributed by atoms with van der Waals surface area (Å²) in [6, 6.07) is 0. The maximum absolute atomic E-state index is 12.4. The Morgan fingerprint density at radius 1 is 1.10 bits per heavy atom. The van der Waals surface area contributed by atoms with Gasteiger partial charge in [-0.05, 0) is 0 Å². The number of nitrogen functional groups attached to an aromatic ring is 1. The maximum Gasteiger partial charge on any atom is 0.434 e. The third kappa shape index (κ3) is 2.67. The summed E-state index contributed by atoms with van der Waals surface area (Å²) in [5.74, 6) is -1.51. The van der Waals surface area contributed by atoms with Crippen molar-refractivity contribution < 1.29 is 31.1 Å². The Kier molecular flexibility index (Phi) is 3.10. The Morgan fingerprint density at radius 3 is 2.25 bits per heavy atom. The molecule has 2 rings (SSSR count). The van der Waals surface area contributed by atoms with Crippen LogP contribution in [0, 0.1) is 0 Å². The Bertz CT molecular complexity index is 606. The average molecular weight is 301 g/mol. The van der Waals surface area contributed by atoms with Crippen LogP contribution in [-0.4, -0.2) is 38.6 Å². The minimum absolute atomic E-state index is 0.143. The van der Waals surface area contributed by atoms with E-state index in [0.29, 0.717) is 0 Å². The highest BCUT2D eigenvalue weighted by Gasteiger charge is 2.59. The van der Waals surface area contributed by atoms with E-state index in [1.54, 1.807) is 0 Å². The Labute approximate surface area is 105 Å². The van der Waals surface area contributed by atoms with E-state index in [2.05, 4.69) is 24.9 Å². The van der Waals surface area contributed by atoms with Crippen molar-refractivity contribution in [1.82, 2.24) is 20.2 Å². The van der Waals surface area contributed by atoms with Crippen LogP contribution in [0.25, 0.3) is 11.0 Å². The molecule has 0 aliphatic heterocycles. The number of ether oxygens (including phenoxy) is 1. The highest BCUT2D eigenvalue weighted by atomic mass is 19.4. The van der Waals surface area contributed by atoms with Gasteiger partial charge in [-0.25, -0.2) is 0 Å². The summed E-state index contributed by atoms with van der Waals surface area (Å²) in [7, 11) is 0. The molecule has 20 heavy (non-hydrogen) atoms. The van der Waals surface area contributed by atoms with Gasteiger partial charge in [0.1, 0.15) is 5.39 Å². The molecular formula is C8H5F6N5O. The van der Waals surface area contributed by atoms with Crippen molar-refractivity contribution in [3.05, 3.63) is 6.20 Å². The summed E-state index contributed by atoms with van der Waals surface area (Å²) >= 11 is 0.